The lowest BCUT2D eigenvalue weighted by Crippen LogP contribution is -2.33. The Morgan fingerprint density at radius 1 is 0.950 bits per heavy atom. The van der Waals surface area contributed by atoms with Crippen molar-refractivity contribution < 1.29 is 19.0 Å². The van der Waals surface area contributed by atoms with Crippen molar-refractivity contribution in [1.82, 2.24) is 0 Å². The third-order valence-corrected chi connectivity index (χ3v) is 5.84. The van der Waals surface area contributed by atoms with Gasteiger partial charge in [-0.15, -0.1) is 0 Å². The lowest BCUT2D eigenvalue weighted by atomic mass is 9.80. The van der Waals surface area contributed by atoms with Crippen LogP contribution in [0.2, 0.25) is 0 Å². The second-order valence-corrected chi connectivity index (χ2v) is 7.32. The highest BCUT2D eigenvalue weighted by atomic mass is 16.6. The van der Waals surface area contributed by atoms with Crippen LogP contribution in [0, 0.1) is 23.7 Å². The zero-order valence-corrected chi connectivity index (χ0v) is 12.3. The van der Waals surface area contributed by atoms with Gasteiger partial charge in [-0.1, -0.05) is 13.8 Å². The molecule has 8 atom stereocenters. The average Bonchev–Trinajstić information content (AvgIpc) is 3.29. The molecule has 0 aromatic carbocycles. The monoisotopic (exact) mass is 280 g/mol. The van der Waals surface area contributed by atoms with Crippen LogP contribution in [0.3, 0.4) is 0 Å². The van der Waals surface area contributed by atoms with Crippen LogP contribution in [-0.4, -0.2) is 37.0 Å². The Balaban J connectivity index is 1.29. The van der Waals surface area contributed by atoms with Crippen LogP contribution in [0.1, 0.15) is 39.5 Å². The van der Waals surface area contributed by atoms with Gasteiger partial charge in [0.1, 0.15) is 0 Å². The summed E-state index contributed by atoms with van der Waals surface area (Å²) in [4.78, 5) is 12.3. The predicted molar refractivity (Wildman–Crippen MR) is 72.1 cm³/mol. The summed E-state index contributed by atoms with van der Waals surface area (Å²) in [6, 6.07) is 0. The van der Waals surface area contributed by atoms with Crippen molar-refractivity contribution >= 4 is 5.97 Å². The normalized spacial score (nSPS) is 52.7. The van der Waals surface area contributed by atoms with E-state index in [4.69, 9.17) is 14.2 Å². The van der Waals surface area contributed by atoms with Crippen molar-refractivity contribution in [3.8, 4) is 0 Å². The van der Waals surface area contributed by atoms with Crippen molar-refractivity contribution in [2.45, 2.75) is 63.9 Å². The van der Waals surface area contributed by atoms with Gasteiger partial charge in [0.05, 0.1) is 36.9 Å². The second kappa shape index (κ2) is 4.70. The molecule has 4 nitrogen and oxygen atoms in total. The summed E-state index contributed by atoms with van der Waals surface area (Å²) in [5.74, 6) is 1.52. The van der Waals surface area contributed by atoms with Gasteiger partial charge in [0.25, 0.3) is 0 Å². The maximum atomic E-state index is 12.3. The Morgan fingerprint density at radius 2 is 1.55 bits per heavy atom. The number of hydrogen-bond acceptors (Lipinski definition) is 4. The summed E-state index contributed by atoms with van der Waals surface area (Å²) in [7, 11) is 0. The summed E-state index contributed by atoms with van der Waals surface area (Å²) < 4.78 is 16.8. The Labute approximate surface area is 120 Å². The fourth-order valence-corrected chi connectivity index (χ4v) is 4.15. The van der Waals surface area contributed by atoms with Crippen LogP contribution in [0.4, 0.5) is 0 Å². The van der Waals surface area contributed by atoms with Gasteiger partial charge in [0.15, 0.2) is 0 Å². The molecule has 4 fully saturated rings. The van der Waals surface area contributed by atoms with Gasteiger partial charge >= 0.3 is 5.97 Å². The van der Waals surface area contributed by atoms with Crippen molar-refractivity contribution in [2.75, 3.05) is 6.61 Å². The Kier molecular flexibility index (Phi) is 3.08. The Morgan fingerprint density at radius 3 is 2.30 bits per heavy atom. The van der Waals surface area contributed by atoms with Crippen LogP contribution in [0.5, 0.6) is 0 Å². The first kappa shape index (κ1) is 13.1. The SMILES string of the molecule is C[C@@H]1C[C@@H]2O[C@H]2C[C@@H]1COC(=O)[C@@H]1C[C@H]2O[C@H]2C[C@@H]1C. The third kappa shape index (κ3) is 2.37. The van der Waals surface area contributed by atoms with Gasteiger partial charge in [0, 0.05) is 0 Å². The number of hydrogen-bond donors (Lipinski definition) is 0. The molecule has 0 spiro atoms. The molecule has 4 heteroatoms. The van der Waals surface area contributed by atoms with E-state index in [1.807, 2.05) is 0 Å². The average molecular weight is 280 g/mol. The minimum Gasteiger partial charge on any atom is -0.465 e. The molecule has 2 heterocycles. The summed E-state index contributed by atoms with van der Waals surface area (Å²) in [6.07, 6.45) is 5.77. The van der Waals surface area contributed by atoms with Gasteiger partial charge in [-0.25, -0.2) is 0 Å². The maximum Gasteiger partial charge on any atom is 0.309 e. The number of esters is 1. The molecule has 0 aromatic heterocycles. The van der Waals surface area contributed by atoms with Gasteiger partial charge in [-0.3, -0.25) is 4.79 Å². The van der Waals surface area contributed by atoms with Crippen LogP contribution >= 0.6 is 0 Å². The number of fused-ring (bicyclic) bond motifs is 2. The zero-order chi connectivity index (χ0) is 13.9. The molecule has 0 N–H and O–H groups in total. The number of ether oxygens (including phenoxy) is 3. The van der Waals surface area contributed by atoms with Crippen molar-refractivity contribution in [3.63, 3.8) is 0 Å². The van der Waals surface area contributed by atoms with Gasteiger partial charge in [-0.05, 0) is 43.4 Å². The fraction of sp³-hybridized carbons (Fsp3) is 0.938. The molecule has 2 aliphatic heterocycles. The Bertz CT molecular complexity index is 409. The largest absolute Gasteiger partial charge is 0.465 e. The molecule has 4 aliphatic rings. The molecule has 2 saturated heterocycles. The van der Waals surface area contributed by atoms with E-state index in [9.17, 15) is 4.79 Å². The first-order chi connectivity index (χ1) is 9.61. The smallest absolute Gasteiger partial charge is 0.309 e. The molecule has 0 unspecified atom stereocenters. The van der Waals surface area contributed by atoms with Crippen LogP contribution in [0.25, 0.3) is 0 Å². The van der Waals surface area contributed by atoms with E-state index in [0.29, 0.717) is 48.8 Å². The fourth-order valence-electron chi connectivity index (χ4n) is 4.15. The number of rotatable bonds is 3. The summed E-state index contributed by atoms with van der Waals surface area (Å²) in [6.45, 7) is 4.97. The maximum absolute atomic E-state index is 12.3. The van der Waals surface area contributed by atoms with Gasteiger partial charge in [0.2, 0.25) is 0 Å². The molecule has 0 amide bonds. The molecule has 2 aliphatic carbocycles. The van der Waals surface area contributed by atoms with E-state index >= 15 is 0 Å². The van der Waals surface area contributed by atoms with E-state index in [1.165, 1.54) is 0 Å². The van der Waals surface area contributed by atoms with Crippen LogP contribution in [-0.2, 0) is 19.0 Å². The topological polar surface area (TPSA) is 51.4 Å². The van der Waals surface area contributed by atoms with Crippen molar-refractivity contribution in [1.29, 1.82) is 0 Å². The van der Waals surface area contributed by atoms with Crippen LogP contribution in [0.15, 0.2) is 0 Å². The molecule has 0 bridgehead atoms. The molecule has 4 rings (SSSR count). The van der Waals surface area contributed by atoms with E-state index < -0.39 is 0 Å². The highest BCUT2D eigenvalue weighted by molar-refractivity contribution is 5.73. The minimum atomic E-state index is -0.00233. The molecular weight excluding hydrogens is 256 g/mol. The van der Waals surface area contributed by atoms with E-state index in [2.05, 4.69) is 13.8 Å². The molecule has 112 valence electrons. The lowest BCUT2D eigenvalue weighted by Gasteiger charge is -2.28. The standard InChI is InChI=1S/C16H24O4/c1-8-3-12-14(19-12)5-10(8)7-18-16(17)11-6-15-13(20-15)4-9(11)2/h8-15H,3-7H2,1-2H3/t8-,9+,10-,11-,12+,13+,14+,15-/m1/s1. The summed E-state index contributed by atoms with van der Waals surface area (Å²) in [5, 5.41) is 0. The Hall–Kier alpha value is -0.610. The summed E-state index contributed by atoms with van der Waals surface area (Å²) in [5.41, 5.74) is 0. The molecule has 20 heavy (non-hydrogen) atoms. The van der Waals surface area contributed by atoms with E-state index in [-0.39, 0.29) is 11.9 Å². The van der Waals surface area contributed by atoms with E-state index in [0.717, 1.165) is 25.7 Å². The summed E-state index contributed by atoms with van der Waals surface area (Å²) >= 11 is 0. The van der Waals surface area contributed by atoms with Crippen molar-refractivity contribution in [2.24, 2.45) is 23.7 Å². The van der Waals surface area contributed by atoms with Gasteiger partial charge < -0.3 is 14.2 Å². The van der Waals surface area contributed by atoms with E-state index in [1.54, 1.807) is 0 Å². The highest BCUT2D eigenvalue weighted by Crippen LogP contribution is 2.44. The quantitative estimate of drug-likeness (QED) is 0.587. The predicted octanol–water partition coefficient (Wildman–Crippen LogP) is 2.16. The zero-order valence-electron chi connectivity index (χ0n) is 12.3. The third-order valence-electron chi connectivity index (χ3n) is 5.84. The molecule has 0 aromatic rings. The lowest BCUT2D eigenvalue weighted by molar-refractivity contribution is -0.153. The van der Waals surface area contributed by atoms with Crippen LogP contribution < -0.4 is 0 Å². The molecule has 2 saturated carbocycles. The number of epoxide rings is 2. The van der Waals surface area contributed by atoms with Crippen molar-refractivity contribution in [3.05, 3.63) is 0 Å². The first-order valence-electron chi connectivity index (χ1n) is 8.09. The van der Waals surface area contributed by atoms with Gasteiger partial charge in [-0.2, -0.15) is 0 Å². The first-order valence-corrected chi connectivity index (χ1v) is 8.09. The molecule has 0 radical (unpaired) electrons. The molecular formula is C16H24O4. The minimum absolute atomic E-state index is 0.00233. The number of carbonyl (C=O) groups is 1. The number of carbonyl (C=O) groups excluding carboxylic acids is 1. The second-order valence-electron chi connectivity index (χ2n) is 7.32. The highest BCUT2D eigenvalue weighted by Gasteiger charge is 2.50.